The molecule has 10 fully saturated rings. The maximum absolute atomic E-state index is 11.1. The third-order valence-corrected chi connectivity index (χ3v) is 28.0. The van der Waals surface area contributed by atoms with Crippen LogP contribution in [0.4, 0.5) is 0 Å². The van der Waals surface area contributed by atoms with Crippen LogP contribution in [0.15, 0.2) is 30.3 Å². The predicted molar refractivity (Wildman–Crippen MR) is 575 cm³/mol. The van der Waals surface area contributed by atoms with Gasteiger partial charge in [0.25, 0.3) is 0 Å². The quantitative estimate of drug-likeness (QED) is 0.0452. The number of sulfonamides is 1. The molecule has 1 aromatic carbocycles. The molecule has 2 saturated carbocycles. The van der Waals surface area contributed by atoms with Crippen LogP contribution in [-0.4, -0.2) is 364 Å². The first-order valence-corrected chi connectivity index (χ1v) is 55.4. The lowest BCUT2D eigenvalue weighted by Gasteiger charge is -2.34. The first kappa shape index (κ1) is 126. The monoisotopic (exact) mass is 1860 g/mol. The van der Waals surface area contributed by atoms with Gasteiger partial charge in [-0.25, -0.2) is 8.42 Å². The minimum atomic E-state index is -2.85. The average Bonchev–Trinajstić information content (AvgIpc) is 1.69. The number of nitrogens with one attached hydrogen (secondary N) is 9. The predicted octanol–water partition coefficient (Wildman–Crippen LogP) is 17.0. The lowest BCUT2D eigenvalue weighted by molar-refractivity contribution is 0.154. The van der Waals surface area contributed by atoms with Crippen LogP contribution in [0.25, 0.3) is 0 Å². The van der Waals surface area contributed by atoms with E-state index in [9.17, 15) is 8.42 Å². The Morgan fingerprint density at radius 1 is 0.300 bits per heavy atom. The molecule has 0 unspecified atom stereocenters. The summed E-state index contributed by atoms with van der Waals surface area (Å²) in [7, 11) is 8.18. The van der Waals surface area contributed by atoms with E-state index in [4.69, 9.17) is 0 Å². The number of rotatable bonds is 25. The Bertz CT molecular complexity index is 2760. The van der Waals surface area contributed by atoms with Crippen molar-refractivity contribution in [1.29, 1.82) is 0 Å². The normalized spacial score (nSPS) is 21.1. The molecule has 774 valence electrons. The second kappa shape index (κ2) is 70.1. The molecular formula is C108H229N19O2S. The lowest BCUT2D eigenvalue weighted by Crippen LogP contribution is -2.48. The summed E-state index contributed by atoms with van der Waals surface area (Å²) < 4.78 is 23.8. The first-order chi connectivity index (χ1) is 60.7. The number of benzene rings is 1. The number of piperidine rings is 4. The van der Waals surface area contributed by atoms with E-state index in [2.05, 4.69) is 338 Å². The molecule has 11 rings (SSSR count). The smallest absolute Gasteiger partial charge is 0.214 e. The molecule has 10 aliphatic rings. The molecule has 130 heavy (non-hydrogen) atoms. The summed E-state index contributed by atoms with van der Waals surface area (Å²) in [5.74, 6) is 3.09. The van der Waals surface area contributed by atoms with Gasteiger partial charge in [-0.15, -0.1) is 0 Å². The lowest BCUT2D eigenvalue weighted by atomic mass is 9.87. The Kier molecular flexibility index (Phi) is 68.2. The van der Waals surface area contributed by atoms with Crippen LogP contribution in [0, 0.1) is 17.8 Å². The van der Waals surface area contributed by atoms with Gasteiger partial charge in [-0.2, -0.15) is 4.31 Å². The van der Waals surface area contributed by atoms with E-state index in [-0.39, 0.29) is 22.7 Å². The van der Waals surface area contributed by atoms with Crippen LogP contribution in [0.1, 0.15) is 341 Å². The molecule has 0 aromatic heterocycles. The Labute approximate surface area is 811 Å². The topological polar surface area (TPSA) is 175 Å². The minimum Gasteiger partial charge on any atom is -0.313 e. The summed E-state index contributed by atoms with van der Waals surface area (Å²) in [6.45, 7) is 98.2. The molecule has 8 saturated heterocycles. The Morgan fingerprint density at radius 3 is 0.831 bits per heavy atom. The van der Waals surface area contributed by atoms with Crippen molar-refractivity contribution in [3.8, 4) is 0 Å². The molecule has 22 heteroatoms. The molecule has 2 aliphatic carbocycles. The van der Waals surface area contributed by atoms with Crippen molar-refractivity contribution in [2.75, 3.05) is 237 Å². The Hall–Kier alpha value is -1.59. The summed E-state index contributed by atoms with van der Waals surface area (Å²) in [5.41, 5.74) is 3.14. The average molecular weight is 1860 g/mol. The number of likely N-dealkylation sites (tertiary alicyclic amines) is 5. The molecule has 0 bridgehead atoms. The van der Waals surface area contributed by atoms with E-state index in [1.165, 1.54) is 304 Å². The fourth-order valence-electron chi connectivity index (χ4n) is 17.5. The highest BCUT2D eigenvalue weighted by molar-refractivity contribution is 7.89. The van der Waals surface area contributed by atoms with E-state index in [0.29, 0.717) is 53.0 Å². The van der Waals surface area contributed by atoms with Crippen molar-refractivity contribution >= 4 is 10.0 Å². The molecule has 0 amide bonds. The van der Waals surface area contributed by atoms with Gasteiger partial charge < -0.3 is 82.2 Å². The molecule has 0 spiro atoms. The van der Waals surface area contributed by atoms with Gasteiger partial charge in [0, 0.05) is 181 Å². The van der Waals surface area contributed by atoms with Gasteiger partial charge in [0.15, 0.2) is 0 Å². The summed E-state index contributed by atoms with van der Waals surface area (Å²) in [6, 6.07) is 14.7. The van der Waals surface area contributed by atoms with Crippen molar-refractivity contribution in [3.63, 3.8) is 0 Å². The molecule has 9 N–H and O–H groups in total. The number of piperazine rings is 2. The second-order valence-corrected chi connectivity index (χ2v) is 50.3. The van der Waals surface area contributed by atoms with Gasteiger partial charge >= 0.3 is 0 Å². The Morgan fingerprint density at radius 2 is 0.569 bits per heavy atom. The number of likely N-dealkylation sites (N-methyl/N-ethyl adjacent to an activating group) is 2. The van der Waals surface area contributed by atoms with E-state index in [1.54, 1.807) is 4.31 Å². The van der Waals surface area contributed by atoms with E-state index >= 15 is 0 Å². The molecule has 8 heterocycles. The van der Waals surface area contributed by atoms with Crippen molar-refractivity contribution in [3.05, 3.63) is 35.9 Å². The standard InChI is InChI=1S/2C11H24N2.C11H23N.2C10H23N3.2C10H22N2.C10H21N.C10H14.C9H20N2.C6H13NO2S/c2*1-11(2,3)12-9-10-5-7-13(4)8-6-10;1-11(2,3)12-9-10-7-5-4-6-8-10;2*1-10(2)11-4-5-13-8-6-12(3)7-9-13;1-10(2,3)11-9-5-7-12(4)8-6-9;1-10(2)11-6-9-12-7-4-3-5-8-12;1-10(2,3)11-9-7-5-4-6-8-9;1-10(2,3)9-7-5-4-6-8-9;1-9(2)10-5-8-11-6-3-4-7-11;1-6(2)7-4-3-5-10(7,8)9/h2*10,12H,5-9H2,1-4H3;10,12H,4-9H2,1-3H3;2*10-11H,4-9H2,1-3H3;9,11H,5-8H2,1-4H3;10-11H,3-9H2,1-2H3;9,11H,4-8H2,1-3H3;4-8H,1-3H3;9-10H,3-8H2,1-2H3;6H,3-5H2,1-2H3. The SMILES string of the molecule is CC(C)(C)NC1CCCCC1.CC(C)(C)NCC1CCCCC1.CC(C)(C)c1ccccc1.CC(C)N1CCCS1(=O)=O.CC(C)NCCN1CCCC1.CC(C)NCCN1CCCCC1.CC(C)NCCN1CCN(C)CC1.CC(C)NCCN1CCN(C)CC1.CN1CCC(CNC(C)(C)C)CC1.CN1CCC(CNC(C)(C)C)CC1.CN1CCC(NC(C)(C)C)CC1. The van der Waals surface area contributed by atoms with Crippen molar-refractivity contribution in [1.82, 2.24) is 96.3 Å². The van der Waals surface area contributed by atoms with Crippen molar-refractivity contribution in [2.45, 2.75) is 411 Å². The van der Waals surface area contributed by atoms with Gasteiger partial charge in [0.1, 0.15) is 0 Å². The van der Waals surface area contributed by atoms with Crippen LogP contribution in [0.3, 0.4) is 0 Å². The highest BCUT2D eigenvalue weighted by Crippen LogP contribution is 2.26. The molecule has 8 aliphatic heterocycles. The summed E-state index contributed by atoms with van der Waals surface area (Å²) in [5, 5.41) is 31.9. The van der Waals surface area contributed by atoms with Gasteiger partial charge in [-0.05, 0) is 363 Å². The molecular weight excluding hydrogens is 1630 g/mol. The van der Waals surface area contributed by atoms with E-state index < -0.39 is 10.0 Å². The maximum atomic E-state index is 11.1. The van der Waals surface area contributed by atoms with Crippen LogP contribution in [-0.2, 0) is 15.4 Å². The number of nitrogens with zero attached hydrogens (tertiary/aromatic N) is 10. The van der Waals surface area contributed by atoms with Gasteiger partial charge in [0.2, 0.25) is 10.0 Å². The number of hydrogen-bond acceptors (Lipinski definition) is 20. The third kappa shape index (κ3) is 75.4. The van der Waals surface area contributed by atoms with Crippen LogP contribution >= 0.6 is 0 Å². The fourth-order valence-corrected chi connectivity index (χ4v) is 19.2. The van der Waals surface area contributed by atoms with E-state index in [1.807, 2.05) is 13.8 Å². The van der Waals surface area contributed by atoms with Crippen LogP contribution in [0.5, 0.6) is 0 Å². The van der Waals surface area contributed by atoms with Gasteiger partial charge in [-0.1, -0.05) is 151 Å². The van der Waals surface area contributed by atoms with Gasteiger partial charge in [0.05, 0.1) is 5.75 Å². The summed E-state index contributed by atoms with van der Waals surface area (Å²) in [4.78, 5) is 22.2. The largest absolute Gasteiger partial charge is 0.313 e. The highest BCUT2D eigenvalue weighted by Gasteiger charge is 2.31. The van der Waals surface area contributed by atoms with Crippen molar-refractivity contribution in [2.24, 2.45) is 17.8 Å². The summed E-state index contributed by atoms with van der Waals surface area (Å²) >= 11 is 0. The zero-order chi connectivity index (χ0) is 98.0. The molecule has 1 aromatic rings. The van der Waals surface area contributed by atoms with Crippen molar-refractivity contribution < 1.29 is 8.42 Å². The third-order valence-electron chi connectivity index (χ3n) is 25.9. The minimum absolute atomic E-state index is 0.132. The fraction of sp³-hybridized carbons (Fsp3) is 0.944. The maximum Gasteiger partial charge on any atom is 0.214 e. The highest BCUT2D eigenvalue weighted by atomic mass is 32.2. The zero-order valence-electron chi connectivity index (χ0n) is 92.8. The Balaban J connectivity index is 0.000000716. The zero-order valence-corrected chi connectivity index (χ0v) is 93.7. The van der Waals surface area contributed by atoms with E-state index in [0.717, 1.165) is 62.4 Å². The van der Waals surface area contributed by atoms with Gasteiger partial charge in [-0.3, -0.25) is 9.80 Å². The number of hydrogen-bond donors (Lipinski definition) is 9. The summed E-state index contributed by atoms with van der Waals surface area (Å²) in [6.07, 6.45) is 30.2. The van der Waals surface area contributed by atoms with Crippen LogP contribution in [0.2, 0.25) is 0 Å². The molecule has 0 atom stereocenters. The molecule has 0 radical (unpaired) electrons. The van der Waals surface area contributed by atoms with Crippen LogP contribution < -0.4 is 47.9 Å². The second-order valence-electron chi connectivity index (χ2n) is 48.3. The first-order valence-electron chi connectivity index (χ1n) is 53.8. The molecule has 21 nitrogen and oxygen atoms in total.